The number of carbonyl (C=O) groups is 5. The van der Waals surface area contributed by atoms with Gasteiger partial charge < -0.3 is 14.2 Å². The van der Waals surface area contributed by atoms with Gasteiger partial charge in [0, 0.05) is 46.6 Å². The summed E-state index contributed by atoms with van der Waals surface area (Å²) in [6.07, 6.45) is 2.24. The van der Waals surface area contributed by atoms with Gasteiger partial charge >= 0.3 is 0 Å². The van der Waals surface area contributed by atoms with Gasteiger partial charge in [-0.25, -0.2) is 0 Å². The van der Waals surface area contributed by atoms with Crippen molar-refractivity contribution >= 4 is 28.9 Å². The van der Waals surface area contributed by atoms with Gasteiger partial charge in [-0.1, -0.05) is 41.5 Å². The minimum absolute atomic E-state index is 0.184. The van der Waals surface area contributed by atoms with Crippen molar-refractivity contribution in [2.75, 3.05) is 26.2 Å². The molecule has 1 aromatic carbocycles. The lowest BCUT2D eigenvalue weighted by Crippen LogP contribution is -2.53. The monoisotopic (exact) mass is 729 g/mol. The third-order valence-corrected chi connectivity index (χ3v) is 12.6. The molecular formula is C44H59NO8. The van der Waals surface area contributed by atoms with Crippen LogP contribution in [0.1, 0.15) is 143 Å². The Balaban J connectivity index is 1.76. The van der Waals surface area contributed by atoms with Crippen molar-refractivity contribution in [3.8, 4) is 17.2 Å². The predicted octanol–water partition coefficient (Wildman–Crippen LogP) is 8.18. The fraction of sp³-hybridized carbons (Fsp3) is 0.659. The molecule has 1 saturated heterocycles. The summed E-state index contributed by atoms with van der Waals surface area (Å²) in [4.78, 5) is 74.4. The lowest BCUT2D eigenvalue weighted by Gasteiger charge is -2.48. The van der Waals surface area contributed by atoms with Gasteiger partial charge in [0.05, 0.1) is 21.7 Å². The number of ketones is 5. The maximum atomic E-state index is 14.7. The van der Waals surface area contributed by atoms with Crippen molar-refractivity contribution in [2.45, 2.75) is 122 Å². The van der Waals surface area contributed by atoms with Crippen LogP contribution in [-0.2, 0) is 19.2 Å². The molecule has 288 valence electrons. The second kappa shape index (κ2) is 12.7. The predicted molar refractivity (Wildman–Crippen MR) is 202 cm³/mol. The van der Waals surface area contributed by atoms with Gasteiger partial charge in [-0.15, -0.1) is 0 Å². The number of ether oxygens (including phenoxy) is 3. The van der Waals surface area contributed by atoms with Crippen LogP contribution < -0.4 is 14.2 Å². The average molecular weight is 730 g/mol. The molecule has 0 spiro atoms. The average Bonchev–Trinajstić information content (AvgIpc) is 3.60. The smallest absolute Gasteiger partial charge is 0.175 e. The topological polar surface area (TPSA) is 116 Å². The lowest BCUT2D eigenvalue weighted by atomic mass is 9.58. The fourth-order valence-corrected chi connectivity index (χ4v) is 9.74. The first-order chi connectivity index (χ1) is 24.4. The van der Waals surface area contributed by atoms with E-state index in [0.717, 1.165) is 25.9 Å². The van der Waals surface area contributed by atoms with Gasteiger partial charge in [-0.2, -0.15) is 0 Å². The Morgan fingerprint density at radius 1 is 0.679 bits per heavy atom. The number of benzene rings is 1. The quantitative estimate of drug-likeness (QED) is 0.193. The van der Waals surface area contributed by atoms with Crippen LogP contribution >= 0.6 is 0 Å². The summed E-state index contributed by atoms with van der Waals surface area (Å²) in [5.74, 6) is -2.04. The van der Waals surface area contributed by atoms with Crippen LogP contribution in [0.3, 0.4) is 0 Å². The molecule has 1 fully saturated rings. The molecule has 0 saturated carbocycles. The first-order valence-corrected chi connectivity index (χ1v) is 19.6. The first kappa shape index (κ1) is 39.1. The van der Waals surface area contributed by atoms with E-state index in [1.54, 1.807) is 55.4 Å². The molecule has 2 aliphatic carbocycles. The molecule has 2 atom stereocenters. The largest absolute Gasteiger partial charge is 0.491 e. The van der Waals surface area contributed by atoms with Crippen molar-refractivity contribution in [1.29, 1.82) is 0 Å². The van der Waals surface area contributed by atoms with Crippen molar-refractivity contribution in [3.63, 3.8) is 0 Å². The van der Waals surface area contributed by atoms with Crippen molar-refractivity contribution in [1.82, 2.24) is 4.90 Å². The Bertz CT molecular complexity index is 1780. The number of hydrogen-bond acceptors (Lipinski definition) is 9. The van der Waals surface area contributed by atoms with Crippen LogP contribution in [0.2, 0.25) is 0 Å². The molecule has 0 aromatic heterocycles. The summed E-state index contributed by atoms with van der Waals surface area (Å²) >= 11 is 0. The normalized spacial score (nSPS) is 25.7. The number of likely N-dealkylation sites (tertiary alicyclic amines) is 1. The number of rotatable bonds is 8. The van der Waals surface area contributed by atoms with E-state index in [2.05, 4.69) is 4.90 Å². The molecule has 0 N–H and O–H groups in total. The Labute approximate surface area is 315 Å². The maximum Gasteiger partial charge on any atom is 0.175 e. The molecule has 3 aliphatic heterocycles. The van der Waals surface area contributed by atoms with E-state index in [-0.39, 0.29) is 69.3 Å². The van der Waals surface area contributed by atoms with Gasteiger partial charge in [0.1, 0.15) is 40.9 Å². The second-order valence-electron chi connectivity index (χ2n) is 19.1. The number of carbonyl (C=O) groups excluding carboxylic acids is 5. The highest BCUT2D eigenvalue weighted by Crippen LogP contribution is 2.64. The van der Waals surface area contributed by atoms with E-state index in [0.29, 0.717) is 41.2 Å². The van der Waals surface area contributed by atoms with Gasteiger partial charge in [-0.05, 0) is 93.2 Å². The highest BCUT2D eigenvalue weighted by atomic mass is 16.5. The standard InChI is InChI=1S/C44H59NO8/c1-21(2)24-26-32(51-20-19-45-17-15-16-18-45)27-25(22(3)4)29-36(48)42(9,10)40(50)44(13,14)38(29)53-34(27)30(31(46)23(5)6)33(26)52-37-28(24)35(47)41(7,8)39(49)43(37,11)12/h21-25H,15-20H2,1-14H3/t24-,25+. The Morgan fingerprint density at radius 2 is 1.08 bits per heavy atom. The highest BCUT2D eigenvalue weighted by molar-refractivity contribution is 6.21. The lowest BCUT2D eigenvalue weighted by molar-refractivity contribution is -0.146. The molecule has 9 heteroatoms. The summed E-state index contributed by atoms with van der Waals surface area (Å²) in [6.45, 7) is 28.5. The molecule has 0 bridgehead atoms. The van der Waals surface area contributed by atoms with Crippen molar-refractivity contribution < 1.29 is 38.2 Å². The zero-order chi connectivity index (χ0) is 39.5. The van der Waals surface area contributed by atoms with E-state index in [1.165, 1.54) is 0 Å². The minimum Gasteiger partial charge on any atom is -0.491 e. The molecule has 6 rings (SSSR count). The van der Waals surface area contributed by atoms with E-state index in [4.69, 9.17) is 14.2 Å². The van der Waals surface area contributed by atoms with Gasteiger partial charge in [0.15, 0.2) is 28.9 Å². The van der Waals surface area contributed by atoms with Crippen LogP contribution in [0.15, 0.2) is 22.7 Å². The molecule has 53 heavy (non-hydrogen) atoms. The van der Waals surface area contributed by atoms with E-state index in [1.807, 2.05) is 41.5 Å². The molecule has 1 aromatic rings. The zero-order valence-electron chi connectivity index (χ0n) is 34.3. The molecule has 0 amide bonds. The van der Waals surface area contributed by atoms with Crippen LogP contribution in [0.25, 0.3) is 0 Å². The highest BCUT2D eigenvalue weighted by Gasteiger charge is 2.61. The molecule has 3 heterocycles. The Kier molecular flexibility index (Phi) is 9.40. The van der Waals surface area contributed by atoms with Crippen molar-refractivity contribution in [3.05, 3.63) is 39.4 Å². The number of nitrogens with zero attached hydrogens (tertiary/aromatic N) is 1. The first-order valence-electron chi connectivity index (χ1n) is 19.6. The van der Waals surface area contributed by atoms with Crippen LogP contribution in [0.4, 0.5) is 0 Å². The fourth-order valence-electron chi connectivity index (χ4n) is 9.74. The van der Waals surface area contributed by atoms with Gasteiger partial charge in [-0.3, -0.25) is 28.9 Å². The molecular weight excluding hydrogens is 670 g/mol. The zero-order valence-corrected chi connectivity index (χ0v) is 34.3. The number of fused-ring (bicyclic) bond motifs is 2. The van der Waals surface area contributed by atoms with Gasteiger partial charge in [0.2, 0.25) is 0 Å². The molecule has 5 aliphatic rings. The summed E-state index contributed by atoms with van der Waals surface area (Å²) in [5, 5.41) is 0. The number of hydrogen-bond donors (Lipinski definition) is 0. The Morgan fingerprint density at radius 3 is 1.43 bits per heavy atom. The third kappa shape index (κ3) is 5.52. The van der Waals surface area contributed by atoms with Crippen molar-refractivity contribution in [2.24, 2.45) is 39.4 Å². The maximum absolute atomic E-state index is 14.7. The summed E-state index contributed by atoms with van der Waals surface area (Å²) in [5.41, 5.74) is -2.79. The van der Waals surface area contributed by atoms with E-state index < -0.39 is 39.4 Å². The number of Topliss-reactive ketones (excluding diaryl/α,β-unsaturated/α-hetero) is 5. The second-order valence-corrected chi connectivity index (χ2v) is 19.1. The van der Waals surface area contributed by atoms with E-state index in [9.17, 15) is 24.0 Å². The SMILES string of the molecule is CC(C)C(=O)c1c2c(c(OCCN3CCCC3)c3c1OC1=C(C(=O)C(C)(C)C(=O)C1(C)C)[C@@H]3C(C)C)[C@H](C(C)C)C1=C(O2)C(C)(C)C(=O)C(C)(C)C1=O. The molecule has 0 unspecified atom stereocenters. The third-order valence-electron chi connectivity index (χ3n) is 12.6. The Hall–Kier alpha value is -3.59. The molecule has 0 radical (unpaired) electrons. The van der Waals surface area contributed by atoms with Crippen LogP contribution in [0, 0.1) is 39.4 Å². The summed E-state index contributed by atoms with van der Waals surface area (Å²) < 4.78 is 20.8. The molecule has 9 nitrogen and oxygen atoms in total. The van der Waals surface area contributed by atoms with E-state index >= 15 is 0 Å². The summed E-state index contributed by atoms with van der Waals surface area (Å²) in [7, 11) is 0. The minimum atomic E-state index is -1.31. The number of allylic oxidation sites excluding steroid dienone is 4. The van der Waals surface area contributed by atoms with Gasteiger partial charge in [0.25, 0.3) is 0 Å². The summed E-state index contributed by atoms with van der Waals surface area (Å²) in [6, 6.07) is 0. The van der Waals surface area contributed by atoms with Crippen LogP contribution in [0.5, 0.6) is 17.2 Å². The van der Waals surface area contributed by atoms with Crippen LogP contribution in [-0.4, -0.2) is 60.1 Å².